The molecule has 0 saturated carbocycles. The third-order valence-corrected chi connectivity index (χ3v) is 2.66. The fourth-order valence-corrected chi connectivity index (χ4v) is 1.95. The molecular formula is C8H10BrN5O. The molecule has 3 N–H and O–H groups in total. The minimum atomic E-state index is -0.269. The summed E-state index contributed by atoms with van der Waals surface area (Å²) in [6.07, 6.45) is 1.59. The summed E-state index contributed by atoms with van der Waals surface area (Å²) >= 11 is 3.31. The highest BCUT2D eigenvalue weighted by Crippen LogP contribution is 2.25. The third kappa shape index (κ3) is 1.81. The summed E-state index contributed by atoms with van der Waals surface area (Å²) in [5.74, 6) is 6.20. The highest BCUT2D eigenvalue weighted by molar-refractivity contribution is 9.10. The summed E-state index contributed by atoms with van der Waals surface area (Å²) in [4.78, 5) is 0. The third-order valence-electron chi connectivity index (χ3n) is 2.09. The molecule has 1 atom stereocenters. The molecule has 0 bridgehead atoms. The predicted octanol–water partition coefficient (Wildman–Crippen LogP) is 0.723. The van der Waals surface area contributed by atoms with Crippen LogP contribution in [0.5, 0.6) is 0 Å². The van der Waals surface area contributed by atoms with Gasteiger partial charge in [-0.2, -0.15) is 0 Å². The van der Waals surface area contributed by atoms with Gasteiger partial charge in [-0.1, -0.05) is 5.21 Å². The highest BCUT2D eigenvalue weighted by Gasteiger charge is 2.22. The van der Waals surface area contributed by atoms with Crippen LogP contribution in [0.15, 0.2) is 27.4 Å². The molecule has 0 aliphatic rings. The molecule has 80 valence electrons. The second kappa shape index (κ2) is 4.13. The maximum absolute atomic E-state index is 5.49. The Morgan fingerprint density at radius 3 is 2.93 bits per heavy atom. The van der Waals surface area contributed by atoms with Gasteiger partial charge in [-0.05, 0) is 28.1 Å². The molecule has 2 aromatic rings. The molecule has 7 heteroatoms. The van der Waals surface area contributed by atoms with E-state index in [9.17, 15) is 0 Å². The van der Waals surface area contributed by atoms with E-state index in [1.54, 1.807) is 24.1 Å². The molecule has 15 heavy (non-hydrogen) atoms. The van der Waals surface area contributed by atoms with E-state index in [4.69, 9.17) is 10.3 Å². The summed E-state index contributed by atoms with van der Waals surface area (Å²) in [7, 11) is 1.79. The van der Waals surface area contributed by atoms with Gasteiger partial charge in [0.05, 0.1) is 12.0 Å². The Morgan fingerprint density at radius 1 is 1.67 bits per heavy atom. The van der Waals surface area contributed by atoms with Gasteiger partial charge in [0.1, 0.15) is 11.8 Å². The van der Waals surface area contributed by atoms with Crippen molar-refractivity contribution in [2.75, 3.05) is 0 Å². The fraction of sp³-hybridized carbons (Fsp3) is 0.250. The van der Waals surface area contributed by atoms with Gasteiger partial charge in [-0.15, -0.1) is 5.10 Å². The van der Waals surface area contributed by atoms with Crippen molar-refractivity contribution >= 4 is 15.9 Å². The molecule has 0 amide bonds. The lowest BCUT2D eigenvalue weighted by Gasteiger charge is -2.13. The molecule has 0 spiro atoms. The van der Waals surface area contributed by atoms with Crippen LogP contribution in [0.1, 0.15) is 17.5 Å². The van der Waals surface area contributed by atoms with E-state index < -0.39 is 0 Å². The van der Waals surface area contributed by atoms with Gasteiger partial charge >= 0.3 is 0 Å². The Bertz CT molecular complexity index is 418. The zero-order chi connectivity index (χ0) is 10.8. The molecule has 0 aromatic carbocycles. The van der Waals surface area contributed by atoms with Crippen molar-refractivity contribution in [1.82, 2.24) is 20.4 Å². The number of furan rings is 1. The van der Waals surface area contributed by atoms with Gasteiger partial charge in [0, 0.05) is 7.05 Å². The van der Waals surface area contributed by atoms with E-state index >= 15 is 0 Å². The summed E-state index contributed by atoms with van der Waals surface area (Å²) in [5.41, 5.74) is 3.48. The van der Waals surface area contributed by atoms with Crippen LogP contribution < -0.4 is 11.3 Å². The lowest BCUT2D eigenvalue weighted by molar-refractivity contribution is 0.436. The first-order chi connectivity index (χ1) is 7.24. The van der Waals surface area contributed by atoms with Crippen molar-refractivity contribution in [3.63, 3.8) is 0 Å². The van der Waals surface area contributed by atoms with Gasteiger partial charge < -0.3 is 4.42 Å². The highest BCUT2D eigenvalue weighted by atomic mass is 79.9. The number of aromatic nitrogens is 3. The number of rotatable bonds is 3. The second-order valence-corrected chi connectivity index (χ2v) is 3.76. The van der Waals surface area contributed by atoms with Crippen LogP contribution in [0.2, 0.25) is 0 Å². The average molecular weight is 272 g/mol. The Morgan fingerprint density at radius 2 is 2.47 bits per heavy atom. The van der Waals surface area contributed by atoms with Gasteiger partial charge in [0.15, 0.2) is 4.60 Å². The number of nitrogens with one attached hydrogen (secondary N) is 1. The quantitative estimate of drug-likeness (QED) is 0.635. The number of aryl methyl sites for hydroxylation is 1. The normalized spacial score (nSPS) is 13.0. The van der Waals surface area contributed by atoms with E-state index in [0.29, 0.717) is 10.4 Å². The molecule has 2 rings (SSSR count). The van der Waals surface area contributed by atoms with Crippen LogP contribution in [-0.4, -0.2) is 15.0 Å². The topological polar surface area (TPSA) is 81.9 Å². The van der Waals surface area contributed by atoms with E-state index in [-0.39, 0.29) is 6.04 Å². The first kappa shape index (κ1) is 10.3. The maximum Gasteiger partial charge on any atom is 0.153 e. The predicted molar refractivity (Wildman–Crippen MR) is 56.6 cm³/mol. The minimum Gasteiger partial charge on any atom is -0.467 e. The number of hydrogen-bond donors (Lipinski definition) is 2. The van der Waals surface area contributed by atoms with Crippen LogP contribution in [0, 0.1) is 0 Å². The van der Waals surface area contributed by atoms with Crippen LogP contribution >= 0.6 is 15.9 Å². The van der Waals surface area contributed by atoms with E-state index in [2.05, 4.69) is 31.7 Å². The minimum absolute atomic E-state index is 0.269. The fourth-order valence-electron chi connectivity index (χ4n) is 1.40. The molecule has 0 fully saturated rings. The van der Waals surface area contributed by atoms with Crippen molar-refractivity contribution in [1.29, 1.82) is 0 Å². The lowest BCUT2D eigenvalue weighted by atomic mass is 10.2. The summed E-state index contributed by atoms with van der Waals surface area (Å²) < 4.78 is 7.57. The van der Waals surface area contributed by atoms with E-state index in [0.717, 1.165) is 5.69 Å². The molecule has 0 aliphatic carbocycles. The van der Waals surface area contributed by atoms with Crippen LogP contribution in [0.4, 0.5) is 0 Å². The number of nitrogens with zero attached hydrogens (tertiary/aromatic N) is 3. The van der Waals surface area contributed by atoms with Crippen molar-refractivity contribution < 1.29 is 4.42 Å². The van der Waals surface area contributed by atoms with Gasteiger partial charge in [0.25, 0.3) is 0 Å². The van der Waals surface area contributed by atoms with Gasteiger partial charge in [-0.25, -0.2) is 10.1 Å². The van der Waals surface area contributed by atoms with Crippen LogP contribution in [0.3, 0.4) is 0 Å². The van der Waals surface area contributed by atoms with E-state index in [1.165, 1.54) is 0 Å². The number of halogens is 1. The zero-order valence-electron chi connectivity index (χ0n) is 8.01. The molecule has 0 radical (unpaired) electrons. The Kier molecular flexibility index (Phi) is 2.85. The van der Waals surface area contributed by atoms with Crippen LogP contribution in [-0.2, 0) is 7.05 Å². The van der Waals surface area contributed by atoms with Crippen molar-refractivity contribution in [2.24, 2.45) is 12.9 Å². The number of hydrazine groups is 1. The number of nitrogens with two attached hydrogens (primary N) is 1. The summed E-state index contributed by atoms with van der Waals surface area (Å²) in [6.45, 7) is 0. The summed E-state index contributed by atoms with van der Waals surface area (Å²) in [5, 5.41) is 7.76. The number of hydrogen-bond acceptors (Lipinski definition) is 5. The molecular weight excluding hydrogens is 262 g/mol. The van der Waals surface area contributed by atoms with Gasteiger partial charge in [0.2, 0.25) is 0 Å². The smallest absolute Gasteiger partial charge is 0.153 e. The SMILES string of the molecule is Cn1nnc(Br)c1C(NN)c1ccco1. The largest absolute Gasteiger partial charge is 0.467 e. The van der Waals surface area contributed by atoms with Crippen molar-refractivity contribution in [3.05, 3.63) is 34.5 Å². The zero-order valence-corrected chi connectivity index (χ0v) is 9.60. The Hall–Kier alpha value is -1.18. The average Bonchev–Trinajstić information content (AvgIpc) is 2.83. The Labute approximate surface area is 94.5 Å². The first-order valence-corrected chi connectivity index (χ1v) is 5.08. The standard InChI is InChI=1S/C8H10BrN5O/c1-14-7(8(9)12-13-14)6(11-10)5-3-2-4-15-5/h2-4,6,11H,10H2,1H3. The lowest BCUT2D eigenvalue weighted by Crippen LogP contribution is -2.30. The Balaban J connectivity index is 2.44. The van der Waals surface area contributed by atoms with Crippen molar-refractivity contribution in [2.45, 2.75) is 6.04 Å². The monoisotopic (exact) mass is 271 g/mol. The van der Waals surface area contributed by atoms with E-state index in [1.807, 2.05) is 6.07 Å². The molecule has 2 aromatic heterocycles. The molecule has 6 nitrogen and oxygen atoms in total. The van der Waals surface area contributed by atoms with Gasteiger partial charge in [-0.3, -0.25) is 5.84 Å². The van der Waals surface area contributed by atoms with Crippen molar-refractivity contribution in [3.8, 4) is 0 Å². The maximum atomic E-state index is 5.49. The van der Waals surface area contributed by atoms with Crippen LogP contribution in [0.25, 0.3) is 0 Å². The molecule has 2 heterocycles. The first-order valence-electron chi connectivity index (χ1n) is 4.28. The second-order valence-electron chi connectivity index (χ2n) is 3.00. The molecule has 0 saturated heterocycles. The molecule has 1 unspecified atom stereocenters. The summed E-state index contributed by atoms with van der Waals surface area (Å²) in [6, 6.07) is 3.37. The molecule has 0 aliphatic heterocycles.